The molecule has 0 aliphatic carbocycles. The Bertz CT molecular complexity index is 151. The monoisotopic (exact) mass is 232 g/mol. The highest BCUT2D eigenvalue weighted by molar-refractivity contribution is 4.93. The normalized spacial score (nSPS) is 12.7. The summed E-state index contributed by atoms with van der Waals surface area (Å²) in [6, 6.07) is 0. The molecule has 0 aliphatic rings. The molecule has 0 radical (unpaired) electrons. The van der Waals surface area contributed by atoms with Gasteiger partial charge in [-0.15, -0.1) is 0 Å². The first-order chi connectivity index (χ1) is 5.87. The highest BCUT2D eigenvalue weighted by atomic mass is 16.5. The predicted octanol–water partition coefficient (Wildman–Crippen LogP) is 5.56. The summed E-state index contributed by atoms with van der Waals surface area (Å²) in [6.07, 6.45) is 5.86. The molecule has 0 amide bonds. The minimum atomic E-state index is 0. The van der Waals surface area contributed by atoms with E-state index in [1.165, 1.54) is 0 Å². The predicted molar refractivity (Wildman–Crippen MR) is 79.0 cm³/mol. The van der Waals surface area contributed by atoms with E-state index in [2.05, 4.69) is 46.8 Å². The van der Waals surface area contributed by atoms with E-state index in [0.717, 1.165) is 6.42 Å². The van der Waals surface area contributed by atoms with Crippen molar-refractivity contribution in [2.75, 3.05) is 7.11 Å². The first kappa shape index (κ1) is 24.8. The van der Waals surface area contributed by atoms with Gasteiger partial charge in [-0.3, -0.25) is 0 Å². The van der Waals surface area contributed by atoms with E-state index in [9.17, 15) is 0 Å². The molecule has 1 heteroatoms. The maximum absolute atomic E-state index is 5.38. The highest BCUT2D eigenvalue weighted by Crippen LogP contribution is 2.17. The van der Waals surface area contributed by atoms with Gasteiger partial charge >= 0.3 is 0 Å². The second kappa shape index (κ2) is 11.2. The van der Waals surface area contributed by atoms with E-state index in [1.807, 2.05) is 0 Å². The summed E-state index contributed by atoms with van der Waals surface area (Å²) in [6.45, 7) is 11.0. The van der Waals surface area contributed by atoms with E-state index in [0.29, 0.717) is 12.0 Å². The molecule has 16 heavy (non-hydrogen) atoms. The first-order valence-electron chi connectivity index (χ1n) is 5.07. The second-order valence-corrected chi connectivity index (χ2v) is 5.02. The van der Waals surface area contributed by atoms with Crippen LogP contribution in [0.5, 0.6) is 0 Å². The lowest BCUT2D eigenvalue weighted by molar-refractivity contribution is 0.0674. The maximum Gasteiger partial charge on any atom is 0.0628 e. The quantitative estimate of drug-likeness (QED) is 0.577. The lowest BCUT2D eigenvalue weighted by Gasteiger charge is -2.18. The molecule has 0 aromatic carbocycles. The third-order valence-corrected chi connectivity index (χ3v) is 2.03. The van der Waals surface area contributed by atoms with Gasteiger partial charge < -0.3 is 4.74 Å². The molecule has 0 fully saturated rings. The molecule has 0 spiro atoms. The number of hydrogen-bond donors (Lipinski definition) is 0. The van der Waals surface area contributed by atoms with Crippen molar-refractivity contribution < 1.29 is 4.74 Å². The fraction of sp³-hybridized carbons (Fsp3) is 0.867. The zero-order chi connectivity index (χ0) is 10.5. The van der Waals surface area contributed by atoms with Crippen molar-refractivity contribution in [1.29, 1.82) is 0 Å². The molecule has 0 saturated heterocycles. The highest BCUT2D eigenvalue weighted by Gasteiger charge is 2.10. The SMILES string of the molecule is C.C.C.CO[C@@H](CC=CC(C)(C)C)C(C)C. The van der Waals surface area contributed by atoms with Gasteiger partial charge in [0.25, 0.3) is 0 Å². The van der Waals surface area contributed by atoms with Gasteiger partial charge in [0.15, 0.2) is 0 Å². The Morgan fingerprint density at radius 1 is 1.06 bits per heavy atom. The Morgan fingerprint density at radius 3 is 1.75 bits per heavy atom. The van der Waals surface area contributed by atoms with Crippen LogP contribution in [0.4, 0.5) is 0 Å². The molecular formula is C15H36O. The van der Waals surface area contributed by atoms with Gasteiger partial charge in [-0.05, 0) is 17.8 Å². The van der Waals surface area contributed by atoms with E-state index in [4.69, 9.17) is 4.74 Å². The molecule has 0 N–H and O–H groups in total. The molecule has 1 nitrogen and oxygen atoms in total. The standard InChI is InChI=1S/C12H24O.3CH4/c1-10(2)11(13-6)8-7-9-12(3,4)5;;;/h7,9-11H,8H2,1-6H3;3*1H4/t11-;;;/m0.../s1. The van der Waals surface area contributed by atoms with Crippen molar-refractivity contribution in [2.45, 2.75) is 69.4 Å². The minimum Gasteiger partial charge on any atom is -0.381 e. The van der Waals surface area contributed by atoms with E-state index >= 15 is 0 Å². The van der Waals surface area contributed by atoms with E-state index in [-0.39, 0.29) is 27.7 Å². The minimum absolute atomic E-state index is 0. The van der Waals surface area contributed by atoms with Crippen LogP contribution in [0.25, 0.3) is 0 Å². The fourth-order valence-corrected chi connectivity index (χ4v) is 1.20. The lowest BCUT2D eigenvalue weighted by Crippen LogP contribution is -2.16. The van der Waals surface area contributed by atoms with Crippen LogP contribution < -0.4 is 0 Å². The van der Waals surface area contributed by atoms with Crippen LogP contribution in [0.15, 0.2) is 12.2 Å². The molecule has 102 valence electrons. The largest absolute Gasteiger partial charge is 0.381 e. The van der Waals surface area contributed by atoms with Crippen molar-refractivity contribution in [1.82, 2.24) is 0 Å². The average molecular weight is 232 g/mol. The molecule has 1 atom stereocenters. The Kier molecular flexibility index (Phi) is 17.3. The van der Waals surface area contributed by atoms with Crippen LogP contribution >= 0.6 is 0 Å². The zero-order valence-corrected chi connectivity index (χ0v) is 9.92. The van der Waals surface area contributed by atoms with Crippen LogP contribution in [0.2, 0.25) is 0 Å². The summed E-state index contributed by atoms with van der Waals surface area (Å²) in [4.78, 5) is 0. The number of ether oxygens (including phenoxy) is 1. The van der Waals surface area contributed by atoms with Gasteiger partial charge in [0.05, 0.1) is 6.10 Å². The summed E-state index contributed by atoms with van der Waals surface area (Å²) in [5.74, 6) is 0.592. The summed E-state index contributed by atoms with van der Waals surface area (Å²) in [7, 11) is 1.79. The molecule has 0 aromatic heterocycles. The van der Waals surface area contributed by atoms with Gasteiger partial charge in [0.2, 0.25) is 0 Å². The molecule has 0 unspecified atom stereocenters. The van der Waals surface area contributed by atoms with Crippen LogP contribution in [-0.2, 0) is 4.74 Å². The van der Waals surface area contributed by atoms with Crippen molar-refractivity contribution in [3.05, 3.63) is 12.2 Å². The lowest BCUT2D eigenvalue weighted by atomic mass is 9.94. The van der Waals surface area contributed by atoms with Crippen LogP contribution in [0.1, 0.15) is 63.3 Å². The Labute approximate surface area is 105 Å². The van der Waals surface area contributed by atoms with Crippen molar-refractivity contribution >= 4 is 0 Å². The smallest absolute Gasteiger partial charge is 0.0628 e. The maximum atomic E-state index is 5.38. The second-order valence-electron chi connectivity index (χ2n) is 5.02. The summed E-state index contributed by atoms with van der Waals surface area (Å²) < 4.78 is 5.38. The number of hydrogen-bond acceptors (Lipinski definition) is 1. The summed E-state index contributed by atoms with van der Waals surface area (Å²) in [5.41, 5.74) is 0.287. The first-order valence-corrected chi connectivity index (χ1v) is 5.07. The van der Waals surface area contributed by atoms with Gasteiger partial charge in [0, 0.05) is 7.11 Å². The van der Waals surface area contributed by atoms with Crippen molar-refractivity contribution in [3.8, 4) is 0 Å². The zero-order valence-electron chi connectivity index (χ0n) is 9.92. The van der Waals surface area contributed by atoms with Crippen molar-refractivity contribution in [3.63, 3.8) is 0 Å². The third-order valence-electron chi connectivity index (χ3n) is 2.03. The molecule has 0 saturated carbocycles. The van der Waals surface area contributed by atoms with E-state index < -0.39 is 0 Å². The number of methoxy groups -OCH3 is 1. The Morgan fingerprint density at radius 2 is 1.50 bits per heavy atom. The number of allylic oxidation sites excluding steroid dienone is 1. The van der Waals surface area contributed by atoms with Crippen molar-refractivity contribution in [2.24, 2.45) is 11.3 Å². The van der Waals surface area contributed by atoms with E-state index in [1.54, 1.807) is 7.11 Å². The van der Waals surface area contributed by atoms with Gasteiger partial charge in [0.1, 0.15) is 0 Å². The molecule has 0 aromatic rings. The van der Waals surface area contributed by atoms with Gasteiger partial charge in [-0.25, -0.2) is 0 Å². The van der Waals surface area contributed by atoms with Gasteiger partial charge in [-0.1, -0.05) is 69.1 Å². The molecule has 0 rings (SSSR count). The Hall–Kier alpha value is -0.300. The summed E-state index contributed by atoms with van der Waals surface area (Å²) >= 11 is 0. The molecule has 0 aliphatic heterocycles. The summed E-state index contributed by atoms with van der Waals surface area (Å²) in [5, 5.41) is 0. The van der Waals surface area contributed by atoms with Gasteiger partial charge in [-0.2, -0.15) is 0 Å². The third kappa shape index (κ3) is 13.7. The van der Waals surface area contributed by atoms with Crippen LogP contribution in [0.3, 0.4) is 0 Å². The fourth-order valence-electron chi connectivity index (χ4n) is 1.20. The van der Waals surface area contributed by atoms with Crippen LogP contribution in [-0.4, -0.2) is 13.2 Å². The Balaban J connectivity index is -0.000000240. The number of rotatable bonds is 4. The molecular weight excluding hydrogens is 196 g/mol. The molecule has 0 bridgehead atoms. The van der Waals surface area contributed by atoms with Crippen LogP contribution in [0, 0.1) is 11.3 Å². The average Bonchev–Trinajstić information content (AvgIpc) is 1.95. The topological polar surface area (TPSA) is 9.23 Å². The molecule has 0 heterocycles.